The number of rotatable bonds is 9. The largest absolute Gasteiger partial charge is 0.394 e. The predicted octanol–water partition coefficient (Wildman–Crippen LogP) is 3.11. The molecule has 2 bridgehead atoms. The van der Waals surface area contributed by atoms with Crippen LogP contribution in [0.5, 0.6) is 0 Å². The molecule has 9 heteroatoms. The molecule has 5 aliphatic rings. The Morgan fingerprint density at radius 2 is 1.86 bits per heavy atom. The maximum absolute atomic E-state index is 14.0. The second kappa shape index (κ2) is 12.5. The van der Waals surface area contributed by atoms with Crippen molar-refractivity contribution in [1.29, 1.82) is 0 Å². The van der Waals surface area contributed by atoms with E-state index in [1.807, 2.05) is 48.5 Å². The molecule has 2 amide bonds. The van der Waals surface area contributed by atoms with E-state index in [0.717, 1.165) is 42.6 Å². The zero-order valence-corrected chi connectivity index (χ0v) is 26.3. The molecule has 3 saturated carbocycles. The van der Waals surface area contributed by atoms with E-state index in [2.05, 4.69) is 36.7 Å². The number of hydrogen-bond donors (Lipinski definition) is 5. The van der Waals surface area contributed by atoms with Gasteiger partial charge in [-0.15, -0.1) is 0 Å². The number of hydrogen-bond acceptors (Lipinski definition) is 7. The Balaban J connectivity index is 1.19. The highest BCUT2D eigenvalue weighted by atomic mass is 16.7. The molecule has 0 aromatic heterocycles. The summed E-state index contributed by atoms with van der Waals surface area (Å²) in [5.74, 6) is 0.761. The van der Waals surface area contributed by atoms with Crippen LogP contribution in [0.4, 0.5) is 0 Å². The van der Waals surface area contributed by atoms with E-state index in [-0.39, 0.29) is 30.5 Å². The summed E-state index contributed by atoms with van der Waals surface area (Å²) in [4.78, 5) is 33.0. The lowest BCUT2D eigenvalue weighted by Gasteiger charge is -2.62. The summed E-state index contributed by atoms with van der Waals surface area (Å²) in [6.45, 7) is 10.3. The minimum absolute atomic E-state index is 0.0802. The van der Waals surface area contributed by atoms with Crippen LogP contribution in [0.2, 0.25) is 0 Å². The first kappa shape index (κ1) is 31.2. The van der Waals surface area contributed by atoms with Crippen LogP contribution in [-0.4, -0.2) is 77.1 Å². The first-order chi connectivity index (χ1) is 21.1. The SMILES string of the molecule is C[C@@H]1[C@@H](NC(=O)[C@@H]2[C@H]([C@H](C)O)[C@H](CO)ON2Cc2cccc(-c3cccc(C(=O)N[C@H]4CCNC4)c3)c2)C[C@H]2C[C@@H]1C2(C)C. The maximum atomic E-state index is 14.0. The molecular weight excluding hydrogens is 556 g/mol. The summed E-state index contributed by atoms with van der Waals surface area (Å²) in [5, 5.41) is 32.3. The smallest absolute Gasteiger partial charge is 0.251 e. The molecule has 9 nitrogen and oxygen atoms in total. The van der Waals surface area contributed by atoms with Gasteiger partial charge in [-0.1, -0.05) is 51.1 Å². The van der Waals surface area contributed by atoms with Gasteiger partial charge in [0.05, 0.1) is 19.3 Å². The molecule has 3 aliphatic carbocycles. The second-order valence-corrected chi connectivity index (χ2v) is 14.2. The number of nitrogens with zero attached hydrogens (tertiary/aromatic N) is 1. The van der Waals surface area contributed by atoms with Crippen LogP contribution in [-0.2, 0) is 16.2 Å². The average Bonchev–Trinajstić information content (AvgIpc) is 3.65. The molecule has 238 valence electrons. The molecular formula is C35H48N4O5. The van der Waals surface area contributed by atoms with Crippen LogP contribution in [0.3, 0.4) is 0 Å². The van der Waals surface area contributed by atoms with Crippen molar-refractivity contribution in [3.63, 3.8) is 0 Å². The molecule has 2 heterocycles. The number of fused-ring (bicyclic) bond motifs is 2. The maximum Gasteiger partial charge on any atom is 0.251 e. The van der Waals surface area contributed by atoms with Gasteiger partial charge in [0.2, 0.25) is 5.91 Å². The van der Waals surface area contributed by atoms with Gasteiger partial charge in [-0.3, -0.25) is 14.4 Å². The first-order valence-corrected chi connectivity index (χ1v) is 16.3. The predicted molar refractivity (Wildman–Crippen MR) is 168 cm³/mol. The molecule has 0 radical (unpaired) electrons. The molecule has 2 aromatic carbocycles. The van der Waals surface area contributed by atoms with Crippen LogP contribution >= 0.6 is 0 Å². The summed E-state index contributed by atoms with van der Waals surface area (Å²) in [6.07, 6.45) is 1.59. The molecule has 5 N–H and O–H groups in total. The normalized spacial score (nSPS) is 33.4. The fourth-order valence-electron chi connectivity index (χ4n) is 8.40. The number of benzene rings is 2. The Labute approximate surface area is 260 Å². The van der Waals surface area contributed by atoms with Gasteiger partial charge in [-0.25, -0.2) is 0 Å². The van der Waals surface area contributed by atoms with E-state index in [1.165, 1.54) is 6.42 Å². The summed E-state index contributed by atoms with van der Waals surface area (Å²) >= 11 is 0. The molecule has 5 fully saturated rings. The lowest BCUT2D eigenvalue weighted by Crippen LogP contribution is -2.62. The van der Waals surface area contributed by atoms with Crippen LogP contribution < -0.4 is 16.0 Å². The lowest BCUT2D eigenvalue weighted by molar-refractivity contribution is -0.183. The first-order valence-electron chi connectivity index (χ1n) is 16.3. The highest BCUT2D eigenvalue weighted by Crippen LogP contribution is 2.61. The third-order valence-corrected chi connectivity index (χ3v) is 11.2. The molecule has 2 aromatic rings. The molecule has 9 atom stereocenters. The molecule has 2 aliphatic heterocycles. The van der Waals surface area contributed by atoms with Crippen molar-refractivity contribution in [1.82, 2.24) is 21.0 Å². The van der Waals surface area contributed by atoms with Gasteiger partial charge in [-0.2, -0.15) is 5.06 Å². The Morgan fingerprint density at radius 3 is 2.52 bits per heavy atom. The van der Waals surface area contributed by atoms with E-state index in [4.69, 9.17) is 4.84 Å². The van der Waals surface area contributed by atoms with Crippen LogP contribution in [0, 0.1) is 29.1 Å². The molecule has 2 saturated heterocycles. The van der Waals surface area contributed by atoms with Gasteiger partial charge in [-0.05, 0) is 90.8 Å². The number of hydroxylamine groups is 2. The third-order valence-electron chi connectivity index (χ3n) is 11.2. The van der Waals surface area contributed by atoms with Gasteiger partial charge in [0.1, 0.15) is 12.1 Å². The van der Waals surface area contributed by atoms with E-state index >= 15 is 0 Å². The van der Waals surface area contributed by atoms with Crippen molar-refractivity contribution in [2.45, 2.75) is 83.8 Å². The average molecular weight is 605 g/mol. The third kappa shape index (κ3) is 5.93. The molecule has 0 spiro atoms. The summed E-state index contributed by atoms with van der Waals surface area (Å²) in [7, 11) is 0. The van der Waals surface area contributed by atoms with Crippen molar-refractivity contribution in [3.05, 3.63) is 59.7 Å². The van der Waals surface area contributed by atoms with Gasteiger partial charge in [0.25, 0.3) is 5.91 Å². The molecule has 7 rings (SSSR count). The van der Waals surface area contributed by atoms with Crippen molar-refractivity contribution in [3.8, 4) is 11.1 Å². The molecule has 0 unspecified atom stereocenters. The second-order valence-electron chi connectivity index (χ2n) is 14.2. The number of nitrogens with one attached hydrogen (secondary N) is 3. The van der Waals surface area contributed by atoms with Crippen molar-refractivity contribution < 1.29 is 24.6 Å². The quantitative estimate of drug-likeness (QED) is 0.298. The summed E-state index contributed by atoms with van der Waals surface area (Å²) < 4.78 is 0. The van der Waals surface area contributed by atoms with Gasteiger partial charge in [0.15, 0.2) is 0 Å². The topological polar surface area (TPSA) is 123 Å². The van der Waals surface area contributed by atoms with E-state index in [0.29, 0.717) is 35.3 Å². The number of carbonyl (C=O) groups excluding carboxylic acids is 2. The lowest BCUT2D eigenvalue weighted by atomic mass is 9.45. The Morgan fingerprint density at radius 1 is 1.11 bits per heavy atom. The standard InChI is InChI=1S/C35H48N4O5/c1-20-28-15-26(35(28,3)4)16-29(20)38-34(43)32-31(21(2)41)30(19-40)44-39(32)18-22-7-5-8-23(13-22)24-9-6-10-25(14-24)33(42)37-27-11-12-36-17-27/h5-10,13-14,20-21,26-32,36,40-41H,11-12,15-19H2,1-4H3,(H,37,42)(H,38,43)/t20-,21-,26+,27-,28-,29-,30-,31+,32-/m0/s1. The number of amides is 2. The van der Waals surface area contributed by atoms with Crippen LogP contribution in [0.15, 0.2) is 48.5 Å². The Hall–Kier alpha value is -2.82. The van der Waals surface area contributed by atoms with Crippen molar-refractivity contribution in [2.75, 3.05) is 19.7 Å². The number of carbonyl (C=O) groups is 2. The highest BCUT2D eigenvalue weighted by Gasteiger charge is 2.57. The van der Waals surface area contributed by atoms with E-state index in [9.17, 15) is 19.8 Å². The monoisotopic (exact) mass is 604 g/mol. The van der Waals surface area contributed by atoms with Gasteiger partial charge in [0, 0.05) is 30.1 Å². The van der Waals surface area contributed by atoms with Crippen LogP contribution in [0.1, 0.15) is 62.9 Å². The zero-order valence-electron chi connectivity index (χ0n) is 26.3. The van der Waals surface area contributed by atoms with E-state index < -0.39 is 24.2 Å². The van der Waals surface area contributed by atoms with Gasteiger partial charge < -0.3 is 26.2 Å². The van der Waals surface area contributed by atoms with Gasteiger partial charge >= 0.3 is 0 Å². The Bertz CT molecular complexity index is 1360. The van der Waals surface area contributed by atoms with Crippen molar-refractivity contribution >= 4 is 11.8 Å². The highest BCUT2D eigenvalue weighted by molar-refractivity contribution is 5.95. The zero-order chi connectivity index (χ0) is 31.2. The number of aliphatic hydroxyl groups is 2. The van der Waals surface area contributed by atoms with Crippen molar-refractivity contribution in [2.24, 2.45) is 29.1 Å². The van der Waals surface area contributed by atoms with E-state index in [1.54, 1.807) is 12.0 Å². The fourth-order valence-corrected chi connectivity index (χ4v) is 8.40. The Kier molecular flexibility index (Phi) is 8.87. The minimum Gasteiger partial charge on any atom is -0.394 e. The summed E-state index contributed by atoms with van der Waals surface area (Å²) in [6, 6.07) is 15.1. The fraction of sp³-hybridized carbons (Fsp3) is 0.600. The summed E-state index contributed by atoms with van der Waals surface area (Å²) in [5.41, 5.74) is 3.72. The number of aliphatic hydroxyl groups excluding tert-OH is 2. The molecule has 44 heavy (non-hydrogen) atoms. The van der Waals surface area contributed by atoms with Crippen LogP contribution in [0.25, 0.3) is 11.1 Å². The minimum atomic E-state index is -0.843.